The Hall–Kier alpha value is 0.210. The van der Waals surface area contributed by atoms with Crippen LogP contribution in [0, 0.1) is 0 Å². The monoisotopic (exact) mass is 200 g/mol. The van der Waals surface area contributed by atoms with E-state index in [0.717, 1.165) is 0 Å². The van der Waals surface area contributed by atoms with Crippen LogP contribution in [0.3, 0.4) is 0 Å². The second kappa shape index (κ2) is 3.30. The standard InChI is InChI=1S/C4H11NO4P2/c1-4(2,3)11(8,9)5-10(6)7/h1-3H3,(H2-,5,6,7,8,9)/p+1. The lowest BCUT2D eigenvalue weighted by Gasteiger charge is -2.20. The first-order chi connectivity index (χ1) is 4.67. The van der Waals surface area contributed by atoms with Gasteiger partial charge in [0.1, 0.15) is 0 Å². The van der Waals surface area contributed by atoms with Crippen molar-refractivity contribution >= 4 is 15.7 Å². The van der Waals surface area contributed by atoms with E-state index in [1.807, 2.05) is 0 Å². The van der Waals surface area contributed by atoms with E-state index in [2.05, 4.69) is 0 Å². The third-order valence-electron chi connectivity index (χ3n) is 1.13. The molecule has 0 aliphatic rings. The van der Waals surface area contributed by atoms with E-state index in [0.29, 0.717) is 0 Å². The highest BCUT2D eigenvalue weighted by Gasteiger charge is 2.41. The van der Waals surface area contributed by atoms with Crippen LogP contribution in [0.1, 0.15) is 20.8 Å². The van der Waals surface area contributed by atoms with Crippen molar-refractivity contribution < 1.29 is 18.9 Å². The zero-order valence-corrected chi connectivity index (χ0v) is 8.39. The summed E-state index contributed by atoms with van der Waals surface area (Å²) in [4.78, 5) is 19.2. The molecule has 0 rings (SSSR count). The van der Waals surface area contributed by atoms with Gasteiger partial charge in [-0.1, -0.05) is 0 Å². The molecule has 0 saturated heterocycles. The molecule has 0 fully saturated rings. The van der Waals surface area contributed by atoms with Crippen LogP contribution in [0.25, 0.3) is 0 Å². The largest absolute Gasteiger partial charge is 0.619 e. The van der Waals surface area contributed by atoms with Gasteiger partial charge in [0.15, 0.2) is 0 Å². The fraction of sp³-hybridized carbons (Fsp3) is 1.00. The Morgan fingerprint density at radius 1 is 1.45 bits per heavy atom. The maximum absolute atomic E-state index is 11.1. The van der Waals surface area contributed by atoms with Gasteiger partial charge >= 0.3 is 15.7 Å². The summed E-state index contributed by atoms with van der Waals surface area (Å²) in [5.41, 5.74) is 0. The maximum atomic E-state index is 11.1. The van der Waals surface area contributed by atoms with Crippen LogP contribution in [0.2, 0.25) is 0 Å². The van der Waals surface area contributed by atoms with Crippen molar-refractivity contribution in [2.45, 2.75) is 25.9 Å². The molecular weight excluding hydrogens is 188 g/mol. The second-order valence-corrected chi connectivity index (χ2v) is 6.96. The van der Waals surface area contributed by atoms with Gasteiger partial charge in [0.2, 0.25) is 0 Å². The van der Waals surface area contributed by atoms with E-state index in [-0.39, 0.29) is 0 Å². The fourth-order valence-corrected chi connectivity index (χ4v) is 2.39. The Kier molecular flexibility index (Phi) is 3.36. The Morgan fingerprint density at radius 3 is 1.91 bits per heavy atom. The van der Waals surface area contributed by atoms with E-state index in [1.165, 1.54) is 20.8 Å². The minimum atomic E-state index is -3.72. The lowest BCUT2D eigenvalue weighted by atomic mass is 10.3. The highest BCUT2D eigenvalue weighted by molar-refractivity contribution is 7.65. The van der Waals surface area contributed by atoms with Crippen LogP contribution in [-0.4, -0.2) is 14.9 Å². The summed E-state index contributed by atoms with van der Waals surface area (Å²) >= 11 is 0. The van der Waals surface area contributed by atoms with Crippen LogP contribution in [-0.2, 0) is 9.13 Å². The molecule has 11 heavy (non-hydrogen) atoms. The van der Waals surface area contributed by atoms with E-state index >= 15 is 0 Å². The molecule has 0 spiro atoms. The molecule has 0 radical (unpaired) electrons. The molecule has 0 aromatic heterocycles. The van der Waals surface area contributed by atoms with Crippen molar-refractivity contribution in [3.05, 3.63) is 0 Å². The lowest BCUT2D eigenvalue weighted by molar-refractivity contribution is 0.433. The smallest absolute Gasteiger partial charge is 0.331 e. The van der Waals surface area contributed by atoms with Gasteiger partial charge in [0.25, 0.3) is 0 Å². The van der Waals surface area contributed by atoms with Crippen molar-refractivity contribution in [3.63, 3.8) is 0 Å². The zero-order valence-electron chi connectivity index (χ0n) is 6.61. The molecule has 0 aliphatic carbocycles. The lowest BCUT2D eigenvalue weighted by Crippen LogP contribution is -2.21. The molecule has 3 N–H and O–H groups in total. The molecule has 2 atom stereocenters. The van der Waals surface area contributed by atoms with Gasteiger partial charge in [-0.05, 0) is 25.3 Å². The maximum Gasteiger partial charge on any atom is 0.619 e. The molecule has 0 amide bonds. The Labute approximate surface area is 66.3 Å². The Morgan fingerprint density at radius 2 is 1.82 bits per heavy atom. The van der Waals surface area contributed by atoms with E-state index < -0.39 is 20.9 Å². The summed E-state index contributed by atoms with van der Waals surface area (Å²) in [6.07, 6.45) is 0. The van der Waals surface area contributed by atoms with Crippen LogP contribution in [0.5, 0.6) is 0 Å². The molecule has 5 nitrogen and oxygen atoms in total. The summed E-state index contributed by atoms with van der Waals surface area (Å²) < 4.78 is 21.3. The third-order valence-corrected chi connectivity index (χ3v) is 4.72. The summed E-state index contributed by atoms with van der Waals surface area (Å²) in [5.74, 6) is 0. The third kappa shape index (κ3) is 3.41. The minimum Gasteiger partial charge on any atom is -0.331 e. The van der Waals surface area contributed by atoms with Crippen molar-refractivity contribution in [2.75, 3.05) is 0 Å². The minimum absolute atomic E-state index is 0.916. The Balaban J connectivity index is 4.49. The summed E-state index contributed by atoms with van der Waals surface area (Å²) in [5, 5.41) is -0.916. The summed E-state index contributed by atoms with van der Waals surface area (Å²) in [7, 11) is -6.48. The SMILES string of the molecule is CC(C)(C)P(=O)(O)N[P+](=O)O. The highest BCUT2D eigenvalue weighted by Crippen LogP contribution is 2.52. The van der Waals surface area contributed by atoms with Gasteiger partial charge in [-0.3, -0.25) is 4.57 Å². The van der Waals surface area contributed by atoms with Crippen LogP contribution in [0.4, 0.5) is 0 Å². The molecule has 7 heteroatoms. The average molecular weight is 200 g/mol. The predicted octanol–water partition coefficient (Wildman–Crippen LogP) is 1.21. The topological polar surface area (TPSA) is 86.6 Å². The molecule has 0 aromatic carbocycles. The number of rotatable bonds is 2. The van der Waals surface area contributed by atoms with Gasteiger partial charge in [-0.25, -0.2) is 0 Å². The van der Waals surface area contributed by atoms with Gasteiger partial charge < -0.3 is 4.89 Å². The van der Waals surface area contributed by atoms with Crippen molar-refractivity contribution in [1.82, 2.24) is 4.86 Å². The highest BCUT2D eigenvalue weighted by atomic mass is 31.2. The molecule has 0 aromatic rings. The zero-order chi connectivity index (χ0) is 9.28. The first-order valence-corrected chi connectivity index (χ1v) is 5.81. The van der Waals surface area contributed by atoms with Crippen molar-refractivity contribution in [1.29, 1.82) is 0 Å². The van der Waals surface area contributed by atoms with E-state index in [9.17, 15) is 9.13 Å². The van der Waals surface area contributed by atoms with Gasteiger partial charge in [0.05, 0.1) is 5.16 Å². The Bertz CT molecular complexity index is 209. The van der Waals surface area contributed by atoms with Gasteiger partial charge in [-0.15, -0.1) is 4.89 Å². The average Bonchev–Trinajstić information content (AvgIpc) is 1.56. The molecule has 66 valence electrons. The van der Waals surface area contributed by atoms with E-state index in [4.69, 9.17) is 9.79 Å². The number of hydrogen-bond donors (Lipinski definition) is 3. The molecule has 0 bridgehead atoms. The van der Waals surface area contributed by atoms with Gasteiger partial charge in [0, 0.05) is 4.86 Å². The molecule has 0 heterocycles. The molecule has 0 aliphatic heterocycles. The number of hydrogen-bond acceptors (Lipinski definition) is 2. The summed E-state index contributed by atoms with van der Waals surface area (Å²) in [6, 6.07) is 0. The molecule has 2 unspecified atom stereocenters. The second-order valence-electron chi connectivity index (χ2n) is 3.12. The molecule has 0 saturated carbocycles. The molecular formula is C4H12NO4P2+. The predicted molar refractivity (Wildman–Crippen MR) is 42.5 cm³/mol. The van der Waals surface area contributed by atoms with E-state index in [1.54, 1.807) is 4.86 Å². The van der Waals surface area contributed by atoms with Crippen LogP contribution >= 0.6 is 15.7 Å². The quantitative estimate of drug-likeness (QED) is 0.583. The number of nitrogens with one attached hydrogen (secondary N) is 1. The van der Waals surface area contributed by atoms with Crippen LogP contribution < -0.4 is 4.86 Å². The normalized spacial score (nSPS) is 19.2. The van der Waals surface area contributed by atoms with Gasteiger partial charge in [-0.2, -0.15) is 0 Å². The van der Waals surface area contributed by atoms with Crippen LogP contribution in [0.15, 0.2) is 0 Å². The van der Waals surface area contributed by atoms with Crippen molar-refractivity contribution in [3.8, 4) is 0 Å². The summed E-state index contributed by atoms with van der Waals surface area (Å²) in [6.45, 7) is 4.54. The first kappa shape index (κ1) is 11.2. The first-order valence-electron chi connectivity index (χ1n) is 2.94. The fourth-order valence-electron chi connectivity index (χ4n) is 0.266. The van der Waals surface area contributed by atoms with Crippen molar-refractivity contribution in [2.24, 2.45) is 0 Å².